The van der Waals surface area contributed by atoms with E-state index in [-0.39, 0.29) is 5.78 Å². The van der Waals surface area contributed by atoms with Crippen molar-refractivity contribution in [3.63, 3.8) is 0 Å². The standard InChI is InChI=1S/C29H28N2O/c1-3-30(25-11-7-5-8-12-25)27-19-15-23(16-20-27)29(32)24-17-21-28(22-18-24)31(4-2)26-13-9-6-10-14-26/h5-22H,3-4H2,1-2H3. The van der Waals surface area contributed by atoms with Crippen molar-refractivity contribution in [3.8, 4) is 0 Å². The highest BCUT2D eigenvalue weighted by atomic mass is 16.1. The Hall–Kier alpha value is -3.85. The number of anilines is 4. The molecule has 0 heterocycles. The fraction of sp³-hybridized carbons (Fsp3) is 0.138. The highest BCUT2D eigenvalue weighted by Gasteiger charge is 2.13. The van der Waals surface area contributed by atoms with Crippen molar-refractivity contribution < 1.29 is 4.79 Å². The molecule has 0 atom stereocenters. The second kappa shape index (κ2) is 9.97. The largest absolute Gasteiger partial charge is 0.342 e. The highest BCUT2D eigenvalue weighted by Crippen LogP contribution is 2.27. The molecular formula is C29H28N2O. The summed E-state index contributed by atoms with van der Waals surface area (Å²) in [6, 6.07) is 36.3. The van der Waals surface area contributed by atoms with E-state index in [2.05, 4.69) is 47.9 Å². The fourth-order valence-electron chi connectivity index (χ4n) is 4.00. The van der Waals surface area contributed by atoms with Crippen LogP contribution in [0.3, 0.4) is 0 Å². The van der Waals surface area contributed by atoms with Crippen LogP contribution < -0.4 is 9.80 Å². The van der Waals surface area contributed by atoms with Gasteiger partial charge >= 0.3 is 0 Å². The zero-order chi connectivity index (χ0) is 22.3. The Morgan fingerprint density at radius 3 is 1.12 bits per heavy atom. The Balaban J connectivity index is 1.52. The number of para-hydroxylation sites is 2. The Kier molecular flexibility index (Phi) is 6.66. The molecule has 3 nitrogen and oxygen atoms in total. The number of carbonyl (C=O) groups excluding carboxylic acids is 1. The third-order valence-corrected chi connectivity index (χ3v) is 5.65. The summed E-state index contributed by atoms with van der Waals surface area (Å²) >= 11 is 0. The number of nitrogens with zero attached hydrogens (tertiary/aromatic N) is 2. The smallest absolute Gasteiger partial charge is 0.193 e. The Morgan fingerprint density at radius 1 is 0.500 bits per heavy atom. The molecule has 0 N–H and O–H groups in total. The van der Waals surface area contributed by atoms with E-state index >= 15 is 0 Å². The molecule has 0 fully saturated rings. The number of benzene rings is 4. The minimum Gasteiger partial charge on any atom is -0.342 e. The molecule has 0 saturated heterocycles. The second-order valence-corrected chi connectivity index (χ2v) is 7.58. The van der Waals surface area contributed by atoms with E-state index in [1.165, 1.54) is 0 Å². The van der Waals surface area contributed by atoms with Gasteiger partial charge in [0.25, 0.3) is 0 Å². The van der Waals surface area contributed by atoms with Gasteiger partial charge in [-0.15, -0.1) is 0 Å². The van der Waals surface area contributed by atoms with Crippen LogP contribution in [0.1, 0.15) is 29.8 Å². The van der Waals surface area contributed by atoms with Crippen molar-refractivity contribution in [2.75, 3.05) is 22.9 Å². The van der Waals surface area contributed by atoms with Gasteiger partial charge in [-0.3, -0.25) is 4.79 Å². The van der Waals surface area contributed by atoms with Crippen LogP contribution in [-0.2, 0) is 0 Å². The fourth-order valence-corrected chi connectivity index (χ4v) is 4.00. The minimum atomic E-state index is 0.0358. The monoisotopic (exact) mass is 420 g/mol. The summed E-state index contributed by atoms with van der Waals surface area (Å²) in [5.41, 5.74) is 5.83. The second-order valence-electron chi connectivity index (χ2n) is 7.58. The minimum absolute atomic E-state index is 0.0358. The van der Waals surface area contributed by atoms with Crippen LogP contribution in [0.15, 0.2) is 109 Å². The summed E-state index contributed by atoms with van der Waals surface area (Å²) in [7, 11) is 0. The molecule has 0 aliphatic rings. The average molecular weight is 421 g/mol. The number of rotatable bonds is 8. The summed E-state index contributed by atoms with van der Waals surface area (Å²) in [6.45, 7) is 5.97. The zero-order valence-electron chi connectivity index (χ0n) is 18.6. The molecule has 0 bridgehead atoms. The molecule has 0 unspecified atom stereocenters. The molecule has 3 heteroatoms. The lowest BCUT2D eigenvalue weighted by molar-refractivity contribution is 0.103. The van der Waals surface area contributed by atoms with Crippen LogP contribution in [-0.4, -0.2) is 18.9 Å². The van der Waals surface area contributed by atoms with Gasteiger partial charge in [-0.2, -0.15) is 0 Å². The molecular weight excluding hydrogens is 392 g/mol. The first-order chi connectivity index (χ1) is 15.7. The molecule has 0 amide bonds. The Labute approximate surface area is 190 Å². The number of ketones is 1. The molecule has 0 aliphatic carbocycles. The molecule has 32 heavy (non-hydrogen) atoms. The molecule has 4 aromatic carbocycles. The van der Waals surface area contributed by atoms with Gasteiger partial charge in [0.15, 0.2) is 5.78 Å². The number of carbonyl (C=O) groups is 1. The maximum absolute atomic E-state index is 13.1. The van der Waals surface area contributed by atoms with E-state index in [0.717, 1.165) is 35.8 Å². The maximum Gasteiger partial charge on any atom is 0.193 e. The van der Waals surface area contributed by atoms with E-state index in [0.29, 0.717) is 11.1 Å². The first-order valence-electron chi connectivity index (χ1n) is 11.1. The highest BCUT2D eigenvalue weighted by molar-refractivity contribution is 6.09. The normalized spacial score (nSPS) is 10.6. The first kappa shape index (κ1) is 21.4. The lowest BCUT2D eigenvalue weighted by Gasteiger charge is -2.24. The lowest BCUT2D eigenvalue weighted by atomic mass is 10.0. The van der Waals surface area contributed by atoms with Crippen molar-refractivity contribution in [2.24, 2.45) is 0 Å². The van der Waals surface area contributed by atoms with E-state index in [1.807, 2.05) is 84.9 Å². The molecule has 0 aliphatic heterocycles. The molecule has 4 aromatic rings. The van der Waals surface area contributed by atoms with Gasteiger partial charge in [-0.25, -0.2) is 0 Å². The average Bonchev–Trinajstić information content (AvgIpc) is 2.87. The van der Waals surface area contributed by atoms with E-state index in [1.54, 1.807) is 0 Å². The Bertz CT molecular complexity index is 1040. The SMILES string of the molecule is CCN(c1ccccc1)c1ccc(C(=O)c2ccc(N(CC)c3ccccc3)cc2)cc1. The first-order valence-corrected chi connectivity index (χ1v) is 11.1. The molecule has 0 spiro atoms. The third kappa shape index (κ3) is 4.57. The van der Waals surface area contributed by atoms with Gasteiger partial charge in [0, 0.05) is 47.0 Å². The predicted molar refractivity (Wildman–Crippen MR) is 135 cm³/mol. The van der Waals surface area contributed by atoms with Gasteiger partial charge in [0.05, 0.1) is 0 Å². The molecule has 0 saturated carbocycles. The van der Waals surface area contributed by atoms with Crippen molar-refractivity contribution >= 4 is 28.5 Å². The summed E-state index contributed by atoms with van der Waals surface area (Å²) in [6.07, 6.45) is 0. The quantitative estimate of drug-likeness (QED) is 0.281. The summed E-state index contributed by atoms with van der Waals surface area (Å²) in [5, 5.41) is 0. The topological polar surface area (TPSA) is 23.6 Å². The van der Waals surface area contributed by atoms with Crippen LogP contribution in [0.5, 0.6) is 0 Å². The third-order valence-electron chi connectivity index (χ3n) is 5.65. The number of hydrogen-bond donors (Lipinski definition) is 0. The summed E-state index contributed by atoms with van der Waals surface area (Å²) in [4.78, 5) is 17.5. The maximum atomic E-state index is 13.1. The van der Waals surface area contributed by atoms with E-state index in [4.69, 9.17) is 0 Å². The van der Waals surface area contributed by atoms with Crippen LogP contribution in [0.25, 0.3) is 0 Å². The summed E-state index contributed by atoms with van der Waals surface area (Å²) < 4.78 is 0. The Morgan fingerprint density at radius 2 is 0.812 bits per heavy atom. The van der Waals surface area contributed by atoms with Crippen molar-refractivity contribution in [1.82, 2.24) is 0 Å². The zero-order valence-corrected chi connectivity index (χ0v) is 18.6. The van der Waals surface area contributed by atoms with Gasteiger partial charge in [0.1, 0.15) is 0 Å². The molecule has 4 rings (SSSR count). The van der Waals surface area contributed by atoms with Crippen molar-refractivity contribution in [2.45, 2.75) is 13.8 Å². The van der Waals surface area contributed by atoms with Crippen LogP contribution in [0.2, 0.25) is 0 Å². The summed E-state index contributed by atoms with van der Waals surface area (Å²) in [5.74, 6) is 0.0358. The van der Waals surface area contributed by atoms with Crippen LogP contribution in [0.4, 0.5) is 22.7 Å². The van der Waals surface area contributed by atoms with Crippen molar-refractivity contribution in [3.05, 3.63) is 120 Å². The van der Waals surface area contributed by atoms with Gasteiger partial charge in [-0.1, -0.05) is 36.4 Å². The lowest BCUT2D eigenvalue weighted by Crippen LogP contribution is -2.16. The van der Waals surface area contributed by atoms with Gasteiger partial charge in [-0.05, 0) is 86.6 Å². The number of hydrogen-bond acceptors (Lipinski definition) is 3. The predicted octanol–water partition coefficient (Wildman–Crippen LogP) is 7.23. The van der Waals surface area contributed by atoms with Gasteiger partial charge < -0.3 is 9.80 Å². The van der Waals surface area contributed by atoms with Crippen LogP contribution in [0, 0.1) is 0 Å². The molecule has 0 aromatic heterocycles. The van der Waals surface area contributed by atoms with Crippen molar-refractivity contribution in [1.29, 1.82) is 0 Å². The van der Waals surface area contributed by atoms with Crippen LogP contribution >= 0.6 is 0 Å². The van der Waals surface area contributed by atoms with Gasteiger partial charge in [0.2, 0.25) is 0 Å². The molecule has 160 valence electrons. The van der Waals surface area contributed by atoms with E-state index < -0.39 is 0 Å². The molecule has 0 radical (unpaired) electrons. The van der Waals surface area contributed by atoms with E-state index in [9.17, 15) is 4.79 Å².